The zero-order valence-corrected chi connectivity index (χ0v) is 15.8. The summed E-state index contributed by atoms with van der Waals surface area (Å²) >= 11 is 0. The number of carbonyl (C=O) groups excluding carboxylic acids is 3. The quantitative estimate of drug-likeness (QED) is 0.571. The summed E-state index contributed by atoms with van der Waals surface area (Å²) in [5.74, 6) is -1.59. The molecular formula is C20H23NO6. The van der Waals surface area contributed by atoms with E-state index in [2.05, 4.69) is 4.98 Å². The molecule has 0 spiro atoms. The van der Waals surface area contributed by atoms with Crippen LogP contribution >= 0.6 is 0 Å². The molecule has 1 aromatic heterocycles. The predicted octanol–water partition coefficient (Wildman–Crippen LogP) is 2.73. The summed E-state index contributed by atoms with van der Waals surface area (Å²) in [6, 6.07) is 6.25. The van der Waals surface area contributed by atoms with E-state index in [-0.39, 0.29) is 24.5 Å². The second-order valence-corrected chi connectivity index (χ2v) is 6.11. The monoisotopic (exact) mass is 373 g/mol. The number of aryl methyl sites for hydroxylation is 1. The molecule has 2 aromatic rings. The van der Waals surface area contributed by atoms with Gasteiger partial charge in [0.25, 0.3) is 0 Å². The molecule has 7 heteroatoms. The number of ether oxygens (including phenoxy) is 2. The van der Waals surface area contributed by atoms with Crippen molar-refractivity contribution in [2.24, 2.45) is 0 Å². The third kappa shape index (κ3) is 4.43. The van der Waals surface area contributed by atoms with Gasteiger partial charge >= 0.3 is 11.9 Å². The number of hydrogen-bond acceptors (Lipinski definition) is 6. The molecule has 0 radical (unpaired) electrons. The van der Waals surface area contributed by atoms with E-state index < -0.39 is 23.8 Å². The van der Waals surface area contributed by atoms with Gasteiger partial charge in [0.2, 0.25) is 5.78 Å². The molecule has 27 heavy (non-hydrogen) atoms. The molecular weight excluding hydrogens is 350 g/mol. The van der Waals surface area contributed by atoms with Crippen LogP contribution in [0.5, 0.6) is 0 Å². The molecule has 0 saturated heterocycles. The van der Waals surface area contributed by atoms with Crippen LogP contribution in [0.2, 0.25) is 0 Å². The third-order valence-corrected chi connectivity index (χ3v) is 4.19. The highest BCUT2D eigenvalue weighted by Crippen LogP contribution is 2.21. The van der Waals surface area contributed by atoms with E-state index >= 15 is 0 Å². The van der Waals surface area contributed by atoms with E-state index in [9.17, 15) is 14.4 Å². The number of aromatic nitrogens is 1. The van der Waals surface area contributed by atoms with Crippen molar-refractivity contribution in [2.45, 2.75) is 40.4 Å². The van der Waals surface area contributed by atoms with Crippen molar-refractivity contribution in [3.8, 4) is 0 Å². The fourth-order valence-corrected chi connectivity index (χ4v) is 2.74. The molecule has 144 valence electrons. The first-order chi connectivity index (χ1) is 12.8. The van der Waals surface area contributed by atoms with Crippen LogP contribution in [0, 0.1) is 13.8 Å². The van der Waals surface area contributed by atoms with Crippen LogP contribution in [0.15, 0.2) is 24.3 Å². The molecule has 0 aliphatic rings. The lowest BCUT2D eigenvalue weighted by molar-refractivity contribution is 0.0316. The maximum absolute atomic E-state index is 12.7. The number of hydrogen-bond donors (Lipinski definition) is 2. The summed E-state index contributed by atoms with van der Waals surface area (Å²) in [7, 11) is 0. The lowest BCUT2D eigenvalue weighted by atomic mass is 10.1. The first-order valence-electron chi connectivity index (χ1n) is 8.61. The summed E-state index contributed by atoms with van der Waals surface area (Å²) in [4.78, 5) is 39.8. The second kappa shape index (κ2) is 8.64. The second-order valence-electron chi connectivity index (χ2n) is 6.11. The third-order valence-electron chi connectivity index (χ3n) is 4.19. The molecule has 0 aliphatic carbocycles. The maximum Gasteiger partial charge on any atom is 0.340 e. The summed E-state index contributed by atoms with van der Waals surface area (Å²) < 4.78 is 10.3. The number of esters is 2. The van der Waals surface area contributed by atoms with Crippen molar-refractivity contribution in [1.29, 1.82) is 0 Å². The Morgan fingerprint density at radius 2 is 1.74 bits per heavy atom. The van der Waals surface area contributed by atoms with Crippen molar-refractivity contribution in [1.82, 2.24) is 4.98 Å². The number of aliphatic hydroxyl groups is 1. The fourth-order valence-electron chi connectivity index (χ4n) is 2.74. The highest BCUT2D eigenvalue weighted by atomic mass is 16.5. The standard InChI is InChI=1S/C20H23NO6/c1-5-26-20(25)16-11(2)17(21-12(16)3)18(23)13(4)27-19(24)15-8-6-14(10-22)7-9-15/h6-9,13,21-22H,5,10H2,1-4H3/t13-/m0/s1. The minimum atomic E-state index is -1.04. The molecule has 0 bridgehead atoms. The van der Waals surface area contributed by atoms with Gasteiger partial charge < -0.3 is 19.6 Å². The zero-order valence-electron chi connectivity index (χ0n) is 15.8. The van der Waals surface area contributed by atoms with E-state index in [1.807, 2.05) is 0 Å². The number of carbonyl (C=O) groups is 3. The van der Waals surface area contributed by atoms with E-state index in [1.165, 1.54) is 19.1 Å². The molecule has 0 fully saturated rings. The number of aliphatic hydroxyl groups excluding tert-OH is 1. The van der Waals surface area contributed by atoms with Gasteiger partial charge in [0.15, 0.2) is 6.10 Å². The summed E-state index contributed by atoms with van der Waals surface area (Å²) in [6.07, 6.45) is -1.04. The Hall–Kier alpha value is -2.93. The summed E-state index contributed by atoms with van der Waals surface area (Å²) in [5, 5.41) is 9.04. The Kier molecular flexibility index (Phi) is 6.52. The van der Waals surface area contributed by atoms with E-state index in [4.69, 9.17) is 14.6 Å². The van der Waals surface area contributed by atoms with Crippen molar-refractivity contribution in [3.63, 3.8) is 0 Å². The van der Waals surface area contributed by atoms with Gasteiger partial charge in [-0.05, 0) is 51.0 Å². The van der Waals surface area contributed by atoms with Crippen molar-refractivity contribution >= 4 is 17.7 Å². The van der Waals surface area contributed by atoms with Gasteiger partial charge in [-0.15, -0.1) is 0 Å². The van der Waals surface area contributed by atoms with Gasteiger partial charge in [0, 0.05) is 5.69 Å². The first-order valence-corrected chi connectivity index (χ1v) is 8.61. The normalized spacial score (nSPS) is 11.7. The number of Topliss-reactive ketones (excluding diaryl/α,β-unsaturated/α-hetero) is 1. The number of rotatable bonds is 7. The molecule has 0 saturated carbocycles. The molecule has 0 amide bonds. The number of benzene rings is 1. The summed E-state index contributed by atoms with van der Waals surface area (Å²) in [5.41, 5.74) is 2.46. The lowest BCUT2D eigenvalue weighted by Crippen LogP contribution is -2.25. The van der Waals surface area contributed by atoms with Gasteiger partial charge in [-0.2, -0.15) is 0 Å². The van der Waals surface area contributed by atoms with E-state index in [0.717, 1.165) is 0 Å². The molecule has 2 N–H and O–H groups in total. The van der Waals surface area contributed by atoms with Gasteiger partial charge in [-0.25, -0.2) is 9.59 Å². The molecule has 0 aliphatic heterocycles. The Bertz CT molecular complexity index is 850. The first kappa shape index (κ1) is 20.4. The molecule has 7 nitrogen and oxygen atoms in total. The lowest BCUT2D eigenvalue weighted by Gasteiger charge is -2.12. The highest BCUT2D eigenvalue weighted by molar-refractivity contribution is 6.04. The molecule has 1 heterocycles. The molecule has 1 aromatic carbocycles. The SMILES string of the molecule is CCOC(=O)c1c(C)[nH]c(C(=O)[C@H](C)OC(=O)c2ccc(CO)cc2)c1C. The molecule has 2 rings (SSSR count). The Balaban J connectivity index is 2.16. The molecule has 0 unspecified atom stereocenters. The number of H-pyrrole nitrogens is 1. The van der Waals surface area contributed by atoms with Gasteiger partial charge in [-0.1, -0.05) is 12.1 Å². The minimum absolute atomic E-state index is 0.127. The van der Waals surface area contributed by atoms with Gasteiger partial charge in [0.1, 0.15) is 0 Å². The topological polar surface area (TPSA) is 106 Å². The van der Waals surface area contributed by atoms with Crippen LogP contribution in [0.25, 0.3) is 0 Å². The Morgan fingerprint density at radius 3 is 2.30 bits per heavy atom. The number of ketones is 1. The minimum Gasteiger partial charge on any atom is -0.462 e. The van der Waals surface area contributed by atoms with Crippen LogP contribution in [0.1, 0.15) is 61.9 Å². The van der Waals surface area contributed by atoms with Gasteiger partial charge in [0.05, 0.1) is 30.0 Å². The van der Waals surface area contributed by atoms with Crippen LogP contribution in [-0.4, -0.2) is 40.5 Å². The number of nitrogens with one attached hydrogen (secondary N) is 1. The van der Waals surface area contributed by atoms with Crippen molar-refractivity contribution < 1.29 is 29.0 Å². The summed E-state index contributed by atoms with van der Waals surface area (Å²) in [6.45, 7) is 6.60. The van der Waals surface area contributed by atoms with E-state index in [0.29, 0.717) is 22.4 Å². The maximum atomic E-state index is 12.7. The number of aromatic amines is 1. The average Bonchev–Trinajstić information content (AvgIpc) is 2.95. The van der Waals surface area contributed by atoms with Gasteiger partial charge in [-0.3, -0.25) is 4.79 Å². The van der Waals surface area contributed by atoms with Crippen LogP contribution in [-0.2, 0) is 16.1 Å². The van der Waals surface area contributed by atoms with E-state index in [1.54, 1.807) is 32.9 Å². The van der Waals surface area contributed by atoms with Crippen LogP contribution in [0.3, 0.4) is 0 Å². The fraction of sp³-hybridized carbons (Fsp3) is 0.350. The average molecular weight is 373 g/mol. The van der Waals surface area contributed by atoms with Crippen molar-refractivity contribution in [2.75, 3.05) is 6.61 Å². The highest BCUT2D eigenvalue weighted by Gasteiger charge is 2.27. The van der Waals surface area contributed by atoms with Crippen LogP contribution in [0.4, 0.5) is 0 Å². The molecule has 1 atom stereocenters. The zero-order chi connectivity index (χ0) is 20.1. The largest absolute Gasteiger partial charge is 0.462 e. The predicted molar refractivity (Wildman–Crippen MR) is 97.8 cm³/mol. The Morgan fingerprint density at radius 1 is 1.11 bits per heavy atom. The Labute approximate surface area is 157 Å². The van der Waals surface area contributed by atoms with Crippen molar-refractivity contribution in [3.05, 3.63) is 57.9 Å². The smallest absolute Gasteiger partial charge is 0.340 e. The van der Waals surface area contributed by atoms with Crippen LogP contribution < -0.4 is 0 Å².